The molecule has 1 N–H and O–H groups in total. The van der Waals surface area contributed by atoms with Crippen molar-refractivity contribution < 1.29 is 14.3 Å². The molecule has 2 aromatic carbocycles. The fourth-order valence-electron chi connectivity index (χ4n) is 3.02. The topological polar surface area (TPSA) is 58.6 Å². The number of nitrogens with one attached hydrogen (secondary N) is 1. The van der Waals surface area contributed by atoms with Crippen LogP contribution in [0.5, 0.6) is 5.75 Å². The van der Waals surface area contributed by atoms with Crippen LogP contribution in [0, 0.1) is 5.92 Å². The molecule has 130 valence electrons. The van der Waals surface area contributed by atoms with Crippen molar-refractivity contribution in [3.05, 3.63) is 54.1 Å². The van der Waals surface area contributed by atoms with E-state index in [-0.39, 0.29) is 24.2 Å². The highest BCUT2D eigenvalue weighted by molar-refractivity contribution is 6.03. The summed E-state index contributed by atoms with van der Waals surface area (Å²) in [6, 6.07) is 15.1. The fourth-order valence-corrected chi connectivity index (χ4v) is 3.02. The Bertz CT molecular complexity index is 788. The molecule has 1 atom stereocenters. The highest BCUT2D eigenvalue weighted by atomic mass is 16.5. The standard InChI is InChI=1S/C20H22N2O3/c1-3-14-6-4-8-17(10-14)22-13-15(11-19(22)23)20(24)21-16-7-5-9-18(12-16)25-2/h4-10,12,15H,3,11,13H2,1-2H3,(H,21,24). The van der Waals surface area contributed by atoms with Crippen LogP contribution < -0.4 is 15.0 Å². The molecule has 1 heterocycles. The number of anilines is 2. The summed E-state index contributed by atoms with van der Waals surface area (Å²) in [4.78, 5) is 26.6. The van der Waals surface area contributed by atoms with Gasteiger partial charge in [0.25, 0.3) is 0 Å². The Hall–Kier alpha value is -2.82. The first-order valence-electron chi connectivity index (χ1n) is 8.45. The highest BCUT2D eigenvalue weighted by Crippen LogP contribution is 2.27. The molecule has 1 aliphatic heterocycles. The Labute approximate surface area is 147 Å². The van der Waals surface area contributed by atoms with Gasteiger partial charge in [-0.1, -0.05) is 25.1 Å². The van der Waals surface area contributed by atoms with Crippen LogP contribution in [0.2, 0.25) is 0 Å². The number of benzene rings is 2. The normalized spacial score (nSPS) is 16.8. The van der Waals surface area contributed by atoms with E-state index in [9.17, 15) is 9.59 Å². The van der Waals surface area contributed by atoms with Crippen molar-refractivity contribution in [1.29, 1.82) is 0 Å². The number of aryl methyl sites for hydroxylation is 1. The number of carbonyl (C=O) groups is 2. The maximum atomic E-state index is 12.5. The zero-order valence-electron chi connectivity index (χ0n) is 14.5. The van der Waals surface area contributed by atoms with Crippen LogP contribution in [-0.2, 0) is 16.0 Å². The molecule has 0 aliphatic carbocycles. The summed E-state index contributed by atoms with van der Waals surface area (Å²) < 4.78 is 5.16. The molecule has 1 aliphatic rings. The summed E-state index contributed by atoms with van der Waals surface area (Å²) >= 11 is 0. The van der Waals surface area contributed by atoms with Gasteiger partial charge in [0.05, 0.1) is 13.0 Å². The maximum absolute atomic E-state index is 12.5. The van der Waals surface area contributed by atoms with Gasteiger partial charge in [-0.2, -0.15) is 0 Å². The van der Waals surface area contributed by atoms with Crippen LogP contribution in [-0.4, -0.2) is 25.5 Å². The number of rotatable bonds is 5. The molecular weight excluding hydrogens is 316 g/mol. The van der Waals surface area contributed by atoms with Crippen molar-refractivity contribution in [2.24, 2.45) is 5.92 Å². The van der Waals surface area contributed by atoms with E-state index in [4.69, 9.17) is 4.74 Å². The second-order valence-electron chi connectivity index (χ2n) is 6.15. The molecule has 1 saturated heterocycles. The van der Waals surface area contributed by atoms with Gasteiger partial charge in [0.15, 0.2) is 0 Å². The van der Waals surface area contributed by atoms with Crippen LogP contribution in [0.1, 0.15) is 18.9 Å². The zero-order chi connectivity index (χ0) is 17.8. The SMILES string of the molecule is CCc1cccc(N2CC(C(=O)Nc3cccc(OC)c3)CC2=O)c1. The fraction of sp³-hybridized carbons (Fsp3) is 0.300. The van der Waals surface area contributed by atoms with Gasteiger partial charge in [0.1, 0.15) is 5.75 Å². The number of amides is 2. The lowest BCUT2D eigenvalue weighted by Gasteiger charge is -2.17. The van der Waals surface area contributed by atoms with E-state index in [0.717, 1.165) is 12.1 Å². The van der Waals surface area contributed by atoms with Crippen molar-refractivity contribution in [2.45, 2.75) is 19.8 Å². The van der Waals surface area contributed by atoms with E-state index in [1.807, 2.05) is 36.4 Å². The van der Waals surface area contributed by atoms with Gasteiger partial charge in [-0.25, -0.2) is 0 Å². The van der Waals surface area contributed by atoms with Crippen molar-refractivity contribution in [1.82, 2.24) is 0 Å². The van der Waals surface area contributed by atoms with Gasteiger partial charge in [0, 0.05) is 30.4 Å². The van der Waals surface area contributed by atoms with E-state index in [1.54, 1.807) is 24.1 Å². The van der Waals surface area contributed by atoms with Crippen molar-refractivity contribution in [3.63, 3.8) is 0 Å². The molecule has 5 heteroatoms. The predicted molar refractivity (Wildman–Crippen MR) is 97.9 cm³/mol. The molecule has 0 spiro atoms. The third-order valence-corrected chi connectivity index (χ3v) is 4.46. The monoisotopic (exact) mass is 338 g/mol. The average molecular weight is 338 g/mol. The molecule has 1 unspecified atom stereocenters. The lowest BCUT2D eigenvalue weighted by atomic mass is 10.1. The number of methoxy groups -OCH3 is 1. The molecule has 3 rings (SSSR count). The van der Waals surface area contributed by atoms with Crippen LogP contribution >= 0.6 is 0 Å². The summed E-state index contributed by atoms with van der Waals surface area (Å²) in [6.45, 7) is 2.48. The average Bonchev–Trinajstić information content (AvgIpc) is 3.04. The minimum absolute atomic E-state index is 0.0148. The molecule has 0 aromatic heterocycles. The molecular formula is C20H22N2O3. The molecule has 0 radical (unpaired) electrons. The lowest BCUT2D eigenvalue weighted by molar-refractivity contribution is -0.122. The zero-order valence-corrected chi connectivity index (χ0v) is 14.5. The number of nitrogens with zero attached hydrogens (tertiary/aromatic N) is 1. The van der Waals surface area contributed by atoms with Gasteiger partial charge in [-0.3, -0.25) is 9.59 Å². The number of hydrogen-bond acceptors (Lipinski definition) is 3. The van der Waals surface area contributed by atoms with Gasteiger partial charge in [-0.05, 0) is 36.2 Å². The first kappa shape index (κ1) is 17.0. The van der Waals surface area contributed by atoms with Crippen LogP contribution in [0.25, 0.3) is 0 Å². The van der Waals surface area contributed by atoms with Gasteiger partial charge in [-0.15, -0.1) is 0 Å². The molecule has 2 aromatic rings. The number of carbonyl (C=O) groups excluding carboxylic acids is 2. The Kier molecular flexibility index (Phi) is 5.03. The van der Waals surface area contributed by atoms with E-state index in [1.165, 1.54) is 5.56 Å². The summed E-state index contributed by atoms with van der Waals surface area (Å²) in [5.74, 6) is 0.164. The third-order valence-electron chi connectivity index (χ3n) is 4.46. The molecule has 0 bridgehead atoms. The van der Waals surface area contributed by atoms with Gasteiger partial charge in [0.2, 0.25) is 11.8 Å². The predicted octanol–water partition coefficient (Wildman–Crippen LogP) is 3.25. The Morgan fingerprint density at radius 2 is 2.04 bits per heavy atom. The largest absolute Gasteiger partial charge is 0.497 e. The minimum atomic E-state index is -0.357. The van der Waals surface area contributed by atoms with Gasteiger partial charge < -0.3 is 15.0 Å². The van der Waals surface area contributed by atoms with Crippen molar-refractivity contribution in [2.75, 3.05) is 23.9 Å². The van der Waals surface area contributed by atoms with E-state index in [0.29, 0.717) is 18.0 Å². The Morgan fingerprint density at radius 3 is 2.80 bits per heavy atom. The highest BCUT2D eigenvalue weighted by Gasteiger charge is 2.35. The number of ether oxygens (including phenoxy) is 1. The van der Waals surface area contributed by atoms with Crippen LogP contribution in [0.3, 0.4) is 0 Å². The van der Waals surface area contributed by atoms with E-state index < -0.39 is 0 Å². The van der Waals surface area contributed by atoms with Crippen molar-refractivity contribution >= 4 is 23.2 Å². The summed E-state index contributed by atoms with van der Waals surface area (Å²) in [6.07, 6.45) is 1.14. The maximum Gasteiger partial charge on any atom is 0.229 e. The number of hydrogen-bond donors (Lipinski definition) is 1. The summed E-state index contributed by atoms with van der Waals surface area (Å²) in [5.41, 5.74) is 2.71. The third kappa shape index (κ3) is 3.82. The molecule has 1 fully saturated rings. The minimum Gasteiger partial charge on any atom is -0.497 e. The Balaban J connectivity index is 1.69. The first-order valence-corrected chi connectivity index (χ1v) is 8.45. The molecule has 25 heavy (non-hydrogen) atoms. The molecule has 2 amide bonds. The Morgan fingerprint density at radius 1 is 1.24 bits per heavy atom. The first-order chi connectivity index (χ1) is 12.1. The smallest absolute Gasteiger partial charge is 0.229 e. The quantitative estimate of drug-likeness (QED) is 0.910. The summed E-state index contributed by atoms with van der Waals surface area (Å²) in [5, 5.41) is 2.88. The second kappa shape index (κ2) is 7.38. The summed E-state index contributed by atoms with van der Waals surface area (Å²) in [7, 11) is 1.58. The lowest BCUT2D eigenvalue weighted by Crippen LogP contribution is -2.28. The van der Waals surface area contributed by atoms with Gasteiger partial charge >= 0.3 is 0 Å². The van der Waals surface area contributed by atoms with Crippen LogP contribution in [0.15, 0.2) is 48.5 Å². The van der Waals surface area contributed by atoms with Crippen LogP contribution in [0.4, 0.5) is 11.4 Å². The molecule has 5 nitrogen and oxygen atoms in total. The second-order valence-corrected chi connectivity index (χ2v) is 6.15. The van der Waals surface area contributed by atoms with E-state index >= 15 is 0 Å². The molecule has 0 saturated carbocycles. The van der Waals surface area contributed by atoms with Crippen molar-refractivity contribution in [3.8, 4) is 5.75 Å². The van der Waals surface area contributed by atoms with E-state index in [2.05, 4.69) is 12.2 Å².